The fraction of sp³-hybridized carbons (Fsp3) is 0. The number of nitrogens with zero attached hydrogens (tertiary/aromatic N) is 3. The third-order valence-corrected chi connectivity index (χ3v) is 3.76. The molecule has 2 N–H and O–H groups in total. The molecule has 0 fully saturated rings. The van der Waals surface area contributed by atoms with Gasteiger partial charge in [0, 0.05) is 5.56 Å². The second-order valence-corrected chi connectivity index (χ2v) is 5.74. The number of ether oxygens (including phenoxy) is 1. The van der Waals surface area contributed by atoms with Crippen LogP contribution in [0.5, 0.6) is 11.5 Å². The second kappa shape index (κ2) is 9.36. The van der Waals surface area contributed by atoms with E-state index in [1.807, 2.05) is 36.4 Å². The molecule has 0 radical (unpaired) electrons. The van der Waals surface area contributed by atoms with Crippen LogP contribution in [-0.2, 0) is 0 Å². The zero-order valence-electron chi connectivity index (χ0n) is 15.2. The summed E-state index contributed by atoms with van der Waals surface area (Å²) in [4.78, 5) is 12.6. The van der Waals surface area contributed by atoms with Crippen LogP contribution in [0, 0.1) is 22.7 Å². The number of benzene rings is 3. The predicted molar refractivity (Wildman–Crippen MR) is 110 cm³/mol. The van der Waals surface area contributed by atoms with E-state index >= 15 is 0 Å². The molecule has 0 aliphatic heterocycles. The summed E-state index contributed by atoms with van der Waals surface area (Å²) >= 11 is 0. The van der Waals surface area contributed by atoms with E-state index in [2.05, 4.69) is 15.8 Å². The van der Waals surface area contributed by atoms with E-state index in [9.17, 15) is 4.79 Å². The minimum Gasteiger partial charge on any atom is -0.455 e. The summed E-state index contributed by atoms with van der Waals surface area (Å²) in [6.07, 6.45) is 0. The third kappa shape index (κ3) is 5.19. The van der Waals surface area contributed by atoms with E-state index in [0.29, 0.717) is 28.4 Å². The third-order valence-electron chi connectivity index (χ3n) is 3.76. The topological polar surface area (TPSA) is 110 Å². The SMILES string of the molecule is N#CC(C#N)=NNc1ccc(C(=O)Nc2ccccc2Oc2ccccc2)cc1. The average Bonchev–Trinajstić information content (AvgIpc) is 2.77. The summed E-state index contributed by atoms with van der Waals surface area (Å²) in [5.41, 5.74) is 3.81. The standard InChI is InChI=1S/C22H15N5O2/c23-14-18(15-24)27-26-17-12-10-16(11-13-17)22(28)25-20-8-4-5-9-21(20)29-19-6-2-1-3-7-19/h1-13,26H,(H,25,28). The highest BCUT2D eigenvalue weighted by Gasteiger charge is 2.10. The van der Waals surface area contributed by atoms with Crippen molar-refractivity contribution < 1.29 is 9.53 Å². The van der Waals surface area contributed by atoms with E-state index in [4.69, 9.17) is 15.3 Å². The van der Waals surface area contributed by atoms with Crippen molar-refractivity contribution in [1.29, 1.82) is 10.5 Å². The fourth-order valence-corrected chi connectivity index (χ4v) is 2.36. The first kappa shape index (κ1) is 19.2. The summed E-state index contributed by atoms with van der Waals surface area (Å²) in [6, 6.07) is 26.2. The van der Waals surface area contributed by atoms with Crippen LogP contribution >= 0.6 is 0 Å². The average molecular weight is 381 g/mol. The second-order valence-electron chi connectivity index (χ2n) is 5.74. The van der Waals surface area contributed by atoms with Crippen LogP contribution in [0.25, 0.3) is 0 Å². The van der Waals surface area contributed by atoms with E-state index in [1.54, 1.807) is 54.6 Å². The lowest BCUT2D eigenvalue weighted by Gasteiger charge is -2.12. The van der Waals surface area contributed by atoms with Crippen LogP contribution in [0.3, 0.4) is 0 Å². The van der Waals surface area contributed by atoms with Crippen molar-refractivity contribution in [1.82, 2.24) is 0 Å². The Bertz CT molecular complexity index is 1090. The lowest BCUT2D eigenvalue weighted by Crippen LogP contribution is -2.12. The minimum atomic E-state index is -0.307. The Morgan fingerprint density at radius 2 is 1.52 bits per heavy atom. The Morgan fingerprint density at radius 1 is 0.862 bits per heavy atom. The van der Waals surface area contributed by atoms with Crippen LogP contribution in [0.1, 0.15) is 10.4 Å². The maximum absolute atomic E-state index is 12.6. The smallest absolute Gasteiger partial charge is 0.255 e. The molecule has 0 spiro atoms. The maximum Gasteiger partial charge on any atom is 0.255 e. The molecule has 0 heterocycles. The summed E-state index contributed by atoms with van der Waals surface area (Å²) in [5, 5.41) is 23.8. The number of nitriles is 2. The van der Waals surface area contributed by atoms with Crippen molar-refractivity contribution in [3.8, 4) is 23.6 Å². The molecule has 0 aliphatic carbocycles. The zero-order valence-corrected chi connectivity index (χ0v) is 15.2. The molecule has 7 heteroatoms. The van der Waals surface area contributed by atoms with E-state index in [0.717, 1.165) is 0 Å². The molecule has 0 unspecified atom stereocenters. The summed E-state index contributed by atoms with van der Waals surface area (Å²) in [6.45, 7) is 0. The molecule has 0 saturated heterocycles. The number of nitrogens with one attached hydrogen (secondary N) is 2. The highest BCUT2D eigenvalue weighted by molar-refractivity contribution is 6.10. The van der Waals surface area contributed by atoms with Gasteiger partial charge in [0.25, 0.3) is 5.91 Å². The van der Waals surface area contributed by atoms with Crippen LogP contribution in [-0.4, -0.2) is 11.6 Å². The van der Waals surface area contributed by atoms with Crippen molar-refractivity contribution in [2.24, 2.45) is 5.10 Å². The minimum absolute atomic E-state index is 0.290. The predicted octanol–water partition coefficient (Wildman–Crippen LogP) is 4.55. The first-order valence-electron chi connectivity index (χ1n) is 8.57. The fourth-order valence-electron chi connectivity index (χ4n) is 2.36. The molecule has 3 rings (SSSR count). The number of rotatable bonds is 6. The van der Waals surface area contributed by atoms with Gasteiger partial charge in [0.1, 0.15) is 17.9 Å². The van der Waals surface area contributed by atoms with Crippen LogP contribution in [0.15, 0.2) is 84.0 Å². The van der Waals surface area contributed by atoms with Crippen LogP contribution in [0.4, 0.5) is 11.4 Å². The molecule has 7 nitrogen and oxygen atoms in total. The van der Waals surface area contributed by atoms with Gasteiger partial charge in [-0.25, -0.2) is 0 Å². The van der Waals surface area contributed by atoms with Crippen molar-refractivity contribution in [2.45, 2.75) is 0 Å². The zero-order chi connectivity index (χ0) is 20.5. The number of amides is 1. The molecule has 29 heavy (non-hydrogen) atoms. The molecule has 3 aromatic carbocycles. The maximum atomic E-state index is 12.6. The lowest BCUT2D eigenvalue weighted by molar-refractivity contribution is 0.102. The van der Waals surface area contributed by atoms with Crippen molar-refractivity contribution in [3.63, 3.8) is 0 Å². The number of para-hydroxylation sites is 3. The monoisotopic (exact) mass is 381 g/mol. The molecule has 0 aromatic heterocycles. The molecule has 0 saturated carbocycles. The van der Waals surface area contributed by atoms with E-state index < -0.39 is 0 Å². The van der Waals surface area contributed by atoms with Gasteiger partial charge in [-0.05, 0) is 48.5 Å². The lowest BCUT2D eigenvalue weighted by atomic mass is 10.2. The summed E-state index contributed by atoms with van der Waals surface area (Å²) in [5.74, 6) is 0.887. The normalized spacial score (nSPS) is 9.45. The number of hydrazone groups is 1. The van der Waals surface area contributed by atoms with Gasteiger partial charge in [-0.1, -0.05) is 30.3 Å². The van der Waals surface area contributed by atoms with Gasteiger partial charge in [-0.3, -0.25) is 10.2 Å². The van der Waals surface area contributed by atoms with Gasteiger partial charge in [0.2, 0.25) is 5.71 Å². The molecule has 0 atom stereocenters. The quantitative estimate of drug-likeness (QED) is 0.481. The van der Waals surface area contributed by atoms with Crippen LogP contribution < -0.4 is 15.5 Å². The molecule has 0 aliphatic rings. The Labute approximate surface area is 167 Å². The molecule has 140 valence electrons. The highest BCUT2D eigenvalue weighted by atomic mass is 16.5. The van der Waals surface area contributed by atoms with E-state index in [-0.39, 0.29) is 11.6 Å². The Kier molecular flexibility index (Phi) is 6.18. The van der Waals surface area contributed by atoms with Crippen LogP contribution in [0.2, 0.25) is 0 Å². The molecule has 1 amide bonds. The first-order valence-corrected chi connectivity index (χ1v) is 8.57. The molecular formula is C22H15N5O2. The number of hydrogen-bond donors (Lipinski definition) is 2. The van der Waals surface area contributed by atoms with Crippen molar-refractivity contribution in [2.75, 3.05) is 10.7 Å². The van der Waals surface area contributed by atoms with Gasteiger partial charge >= 0.3 is 0 Å². The summed E-state index contributed by atoms with van der Waals surface area (Å²) < 4.78 is 5.85. The molecular weight excluding hydrogens is 366 g/mol. The Balaban J connectivity index is 1.70. The Hall–Kier alpha value is -4.62. The number of carbonyl (C=O) groups is 1. The first-order chi connectivity index (χ1) is 14.2. The van der Waals surface area contributed by atoms with Gasteiger partial charge in [0.15, 0.2) is 5.75 Å². The molecule has 0 bridgehead atoms. The van der Waals surface area contributed by atoms with Crippen molar-refractivity contribution >= 4 is 23.0 Å². The largest absolute Gasteiger partial charge is 0.455 e. The highest BCUT2D eigenvalue weighted by Crippen LogP contribution is 2.29. The van der Waals surface area contributed by atoms with E-state index in [1.165, 1.54) is 0 Å². The van der Waals surface area contributed by atoms with Gasteiger partial charge in [-0.2, -0.15) is 15.6 Å². The molecule has 3 aromatic rings. The Morgan fingerprint density at radius 3 is 2.21 bits per heavy atom. The van der Waals surface area contributed by atoms with Gasteiger partial charge < -0.3 is 10.1 Å². The van der Waals surface area contributed by atoms with Gasteiger partial charge in [-0.15, -0.1) is 0 Å². The number of carbonyl (C=O) groups excluding carboxylic acids is 1. The number of hydrogen-bond acceptors (Lipinski definition) is 6. The summed E-state index contributed by atoms with van der Waals surface area (Å²) in [7, 11) is 0. The number of anilines is 2. The van der Waals surface area contributed by atoms with Crippen molar-refractivity contribution in [3.05, 3.63) is 84.4 Å². The van der Waals surface area contributed by atoms with Gasteiger partial charge in [0.05, 0.1) is 11.4 Å².